The molecule has 0 aliphatic heterocycles. The fourth-order valence-corrected chi connectivity index (χ4v) is 0. The second-order valence-corrected chi connectivity index (χ2v) is 0. The van der Waals surface area contributed by atoms with Crippen LogP contribution in [0.3, 0.4) is 0 Å². The minimum absolute atomic E-state index is 0. The first kappa shape index (κ1) is 27.9. The van der Waals surface area contributed by atoms with E-state index in [4.69, 9.17) is 0 Å². The van der Waals surface area contributed by atoms with E-state index in [2.05, 4.69) is 0 Å². The maximum absolute atomic E-state index is 0. The molecule has 0 aliphatic rings. The van der Waals surface area contributed by atoms with E-state index in [-0.39, 0.29) is 91.8 Å². The molecule has 4 heavy (non-hydrogen) atoms. The van der Waals surface area contributed by atoms with Crippen molar-refractivity contribution in [1.82, 2.24) is 0 Å². The molecule has 31 valence electrons. The summed E-state index contributed by atoms with van der Waals surface area (Å²) in [6, 6.07) is 0. The Morgan fingerprint density at radius 1 is 1.00 bits per heavy atom. The molecule has 0 rings (SSSR count). The van der Waals surface area contributed by atoms with Gasteiger partial charge in [0, 0.05) is 22.4 Å². The van der Waals surface area contributed by atoms with E-state index in [1.54, 1.807) is 0 Å². The summed E-state index contributed by atoms with van der Waals surface area (Å²) in [6.45, 7) is 0. The van der Waals surface area contributed by atoms with E-state index in [1.165, 1.54) is 0 Å². The molecule has 0 aromatic heterocycles. The fraction of sp³-hybridized carbons (Fsp3) is 0. The van der Waals surface area contributed by atoms with Crippen LogP contribution in [-0.2, 0) is 22.4 Å². The summed E-state index contributed by atoms with van der Waals surface area (Å²) in [4.78, 5) is 0. The number of hydrogen-bond acceptors (Lipinski definition) is 0. The molecule has 0 nitrogen and oxygen atoms in total. The third kappa shape index (κ3) is 8.90. The van der Waals surface area contributed by atoms with Gasteiger partial charge < -0.3 is 0 Å². The minimum atomic E-state index is 0. The van der Waals surface area contributed by atoms with Crippen LogP contribution < -0.4 is 0 Å². The van der Waals surface area contributed by atoms with Crippen molar-refractivity contribution in [3.8, 4) is 0 Å². The van der Waals surface area contributed by atoms with Crippen molar-refractivity contribution < 1.29 is 22.4 Å². The van der Waals surface area contributed by atoms with Crippen LogP contribution >= 0.6 is 0 Å². The van der Waals surface area contributed by atoms with Crippen LogP contribution in [0.4, 0.5) is 0 Å². The van der Waals surface area contributed by atoms with Crippen molar-refractivity contribution in [1.29, 1.82) is 0 Å². The van der Waals surface area contributed by atoms with Gasteiger partial charge in [0.1, 0.15) is 0 Å². The van der Waals surface area contributed by atoms with E-state index >= 15 is 0 Å². The molecule has 0 aromatic rings. The molecule has 0 atom stereocenters. The molecule has 0 spiro atoms. The first-order valence-electron chi connectivity index (χ1n) is 0. The Bertz CT molecular complexity index is 8.00. The molecule has 0 aromatic carbocycles. The molecule has 0 unspecified atom stereocenters. The topological polar surface area (TPSA) is 0 Å². The number of rotatable bonds is 0. The van der Waals surface area contributed by atoms with Crippen molar-refractivity contribution in [2.45, 2.75) is 0 Å². The predicted molar refractivity (Wildman–Crippen MR) is 29.8 cm³/mol. The Hall–Kier alpha value is 3.03. The summed E-state index contributed by atoms with van der Waals surface area (Å²) in [7, 11) is 0. The molecule has 0 N–H and O–H groups in total. The molecular formula is H9AlAuBiIn. The van der Waals surface area contributed by atoms with Gasteiger partial charge in [0.05, 0.1) is 0 Å². The van der Waals surface area contributed by atoms with Crippen molar-refractivity contribution in [3.63, 3.8) is 0 Å². The van der Waals surface area contributed by atoms with Crippen LogP contribution in [0.1, 0.15) is 0 Å². The summed E-state index contributed by atoms with van der Waals surface area (Å²) in [6.07, 6.45) is 0. The van der Waals surface area contributed by atoms with Crippen molar-refractivity contribution >= 4 is 69.4 Å². The predicted octanol–water partition coefficient (Wildman–Crippen LogP) is -3.55. The molecule has 4 heteroatoms. The van der Waals surface area contributed by atoms with Gasteiger partial charge in [-0.05, 0) is 0 Å². The Labute approximate surface area is 90.0 Å². The van der Waals surface area contributed by atoms with Crippen molar-refractivity contribution in [2.75, 3.05) is 0 Å². The molecule has 0 bridgehead atoms. The Kier molecular flexibility index (Phi) is 116. The quantitative estimate of drug-likeness (QED) is 0.271. The van der Waals surface area contributed by atoms with E-state index < -0.39 is 0 Å². The van der Waals surface area contributed by atoms with Crippen LogP contribution in [0.25, 0.3) is 0 Å². The number of hydrogen-bond donors (Lipinski definition) is 0. The van der Waals surface area contributed by atoms with Crippen LogP contribution in [0.2, 0.25) is 0 Å². The average Bonchev–Trinajstić information content (AvgIpc) is 0. The summed E-state index contributed by atoms with van der Waals surface area (Å²) < 4.78 is 0. The first-order chi connectivity index (χ1) is 0. The standard InChI is InChI=1S/Al.Au.Bi.In.9H. The van der Waals surface area contributed by atoms with Gasteiger partial charge >= 0.3 is 52.0 Å². The van der Waals surface area contributed by atoms with Gasteiger partial charge in [0.25, 0.3) is 0 Å². The van der Waals surface area contributed by atoms with Gasteiger partial charge in [-0.2, -0.15) is 0 Å². The van der Waals surface area contributed by atoms with Crippen LogP contribution in [0.15, 0.2) is 0 Å². The van der Waals surface area contributed by atoms with Gasteiger partial charge in [0.2, 0.25) is 0 Å². The van der Waals surface area contributed by atoms with E-state index in [9.17, 15) is 0 Å². The molecule has 0 amide bonds. The third-order valence-corrected chi connectivity index (χ3v) is 0. The zero-order valence-electron chi connectivity index (χ0n) is 1.01. The van der Waals surface area contributed by atoms with Crippen molar-refractivity contribution in [2.24, 2.45) is 0 Å². The van der Waals surface area contributed by atoms with E-state index in [0.29, 0.717) is 0 Å². The second kappa shape index (κ2) is 16.6. The molecule has 0 heterocycles. The SMILES string of the molecule is [AlH3].[Au].[BiH3].[InH3]. The van der Waals surface area contributed by atoms with Crippen LogP contribution in [0, 0.1) is 0 Å². The van der Waals surface area contributed by atoms with Gasteiger partial charge in [0.15, 0.2) is 17.4 Å². The van der Waals surface area contributed by atoms with Gasteiger partial charge in [-0.1, -0.05) is 0 Å². The van der Waals surface area contributed by atoms with E-state index in [1.807, 2.05) is 0 Å². The third-order valence-electron chi connectivity index (χ3n) is 0. The van der Waals surface area contributed by atoms with Gasteiger partial charge in [-0.3, -0.25) is 0 Å². The maximum atomic E-state index is 0. The monoisotopic (exact) mass is 557 g/mol. The van der Waals surface area contributed by atoms with Crippen molar-refractivity contribution in [3.05, 3.63) is 0 Å². The summed E-state index contributed by atoms with van der Waals surface area (Å²) >= 11 is 0. The van der Waals surface area contributed by atoms with Crippen LogP contribution in [-0.4, -0.2) is 69.4 Å². The molecule has 0 fully saturated rings. The summed E-state index contributed by atoms with van der Waals surface area (Å²) in [5.41, 5.74) is 0. The average molecular weight is 557 g/mol. The van der Waals surface area contributed by atoms with Gasteiger partial charge in [-0.25, -0.2) is 0 Å². The first-order valence-corrected chi connectivity index (χ1v) is 0. The van der Waals surface area contributed by atoms with E-state index in [0.717, 1.165) is 0 Å². The zero-order chi connectivity index (χ0) is 0. The zero-order valence-corrected chi connectivity index (χ0v) is 8.67. The second-order valence-electron chi connectivity index (χ2n) is 0. The Balaban J connectivity index is 0. The molecular weight excluding hydrogens is 548 g/mol. The van der Waals surface area contributed by atoms with Gasteiger partial charge in [-0.15, -0.1) is 0 Å². The Morgan fingerprint density at radius 2 is 1.00 bits per heavy atom. The van der Waals surface area contributed by atoms with Crippen LogP contribution in [0.5, 0.6) is 0 Å². The summed E-state index contributed by atoms with van der Waals surface area (Å²) in [5, 5.41) is 0. The Morgan fingerprint density at radius 3 is 1.00 bits per heavy atom. The molecule has 0 aliphatic carbocycles. The molecule has 0 saturated heterocycles. The summed E-state index contributed by atoms with van der Waals surface area (Å²) in [5.74, 6) is 0. The molecule has 0 saturated carbocycles. The normalized spacial score (nSPS) is 0. The molecule has 1 radical (unpaired) electrons. The fourth-order valence-electron chi connectivity index (χ4n) is 0.